The highest BCUT2D eigenvalue weighted by atomic mass is 16.5. The zero-order valence-electron chi connectivity index (χ0n) is 28.0. The van der Waals surface area contributed by atoms with Gasteiger partial charge in [-0.15, -0.1) is 0 Å². The van der Waals surface area contributed by atoms with Crippen LogP contribution in [0.4, 0.5) is 5.69 Å². The van der Waals surface area contributed by atoms with E-state index in [2.05, 4.69) is 36.5 Å². The number of carbonyl (C=O) groups is 2. The number of piperidine rings is 1. The third-order valence-electron chi connectivity index (χ3n) is 10.5. The minimum absolute atomic E-state index is 0.0187. The van der Waals surface area contributed by atoms with E-state index in [-0.39, 0.29) is 18.4 Å². The molecule has 8 rings (SSSR count). The van der Waals surface area contributed by atoms with Crippen LogP contribution >= 0.6 is 0 Å². The normalized spacial score (nSPS) is 20.6. The molecule has 0 spiro atoms. The first-order valence-electron chi connectivity index (χ1n) is 17.2. The van der Waals surface area contributed by atoms with Gasteiger partial charge in [0.15, 0.2) is 11.4 Å². The molecular weight excluding hydrogens is 632 g/mol. The van der Waals surface area contributed by atoms with Crippen molar-refractivity contribution in [1.29, 1.82) is 0 Å². The van der Waals surface area contributed by atoms with Crippen LogP contribution in [0, 0.1) is 0 Å². The number of hydrogen-bond acceptors (Lipinski definition) is 9. The number of fused-ring (bicyclic) bond motifs is 1. The summed E-state index contributed by atoms with van der Waals surface area (Å²) in [5.74, 6) is 0.908. The molecule has 1 aliphatic carbocycles. The Morgan fingerprint density at radius 3 is 2.46 bits per heavy atom. The lowest BCUT2D eigenvalue weighted by Crippen LogP contribution is -2.50. The average Bonchev–Trinajstić information content (AvgIpc) is 3.80. The molecule has 1 atom stereocenters. The molecular formula is C38H40N8O4. The average molecular weight is 673 g/mol. The maximum Gasteiger partial charge on any atom is 0.258 e. The summed E-state index contributed by atoms with van der Waals surface area (Å²) < 4.78 is 5.87. The van der Waals surface area contributed by atoms with Crippen LogP contribution in [0.2, 0.25) is 0 Å². The van der Waals surface area contributed by atoms with E-state index in [9.17, 15) is 14.7 Å². The molecule has 5 heterocycles. The fraction of sp³-hybridized carbons (Fsp3) is 0.368. The second-order valence-electron chi connectivity index (χ2n) is 13.8. The number of hydrogen-bond donors (Lipinski definition) is 3. The molecule has 3 aliphatic rings. The van der Waals surface area contributed by atoms with Crippen molar-refractivity contribution in [3.05, 3.63) is 90.5 Å². The molecule has 0 radical (unpaired) electrons. The van der Waals surface area contributed by atoms with E-state index in [1.807, 2.05) is 64.5 Å². The highest BCUT2D eigenvalue weighted by Crippen LogP contribution is 2.40. The van der Waals surface area contributed by atoms with Gasteiger partial charge in [0.2, 0.25) is 5.91 Å². The summed E-state index contributed by atoms with van der Waals surface area (Å²) in [6, 6.07) is 19.2. The quantitative estimate of drug-likeness (QED) is 0.206. The number of anilines is 1. The summed E-state index contributed by atoms with van der Waals surface area (Å²) >= 11 is 0. The Morgan fingerprint density at radius 1 is 0.940 bits per heavy atom. The molecule has 2 aromatic carbocycles. The second kappa shape index (κ2) is 13.0. The summed E-state index contributed by atoms with van der Waals surface area (Å²) in [5.41, 5.74) is 4.04. The highest BCUT2D eigenvalue weighted by Gasteiger charge is 2.46. The summed E-state index contributed by atoms with van der Waals surface area (Å²) in [7, 11) is 1.55. The first-order valence-corrected chi connectivity index (χ1v) is 17.2. The van der Waals surface area contributed by atoms with Crippen molar-refractivity contribution >= 4 is 28.4 Å². The number of H-pyrrole nitrogens is 1. The predicted molar refractivity (Wildman–Crippen MR) is 188 cm³/mol. The lowest BCUT2D eigenvalue weighted by atomic mass is 9.84. The second-order valence-corrected chi connectivity index (χ2v) is 13.8. The molecule has 256 valence electrons. The Bertz CT molecular complexity index is 2020. The molecule has 2 aliphatic heterocycles. The monoisotopic (exact) mass is 672 g/mol. The largest absolute Gasteiger partial charge is 0.385 e. The maximum absolute atomic E-state index is 13.7. The van der Waals surface area contributed by atoms with Crippen LogP contribution in [-0.2, 0) is 19.9 Å². The highest BCUT2D eigenvalue weighted by molar-refractivity contribution is 6.01. The van der Waals surface area contributed by atoms with Crippen molar-refractivity contribution in [2.24, 2.45) is 0 Å². The van der Waals surface area contributed by atoms with Crippen LogP contribution in [0.15, 0.2) is 79.3 Å². The number of carbonyl (C=O) groups excluding carboxylic acids is 2. The number of nitrogens with one attached hydrogen (secondary N) is 2. The van der Waals surface area contributed by atoms with Crippen molar-refractivity contribution in [3.63, 3.8) is 0 Å². The number of methoxy groups -OCH3 is 1. The Hall–Kier alpha value is -5.04. The smallest absolute Gasteiger partial charge is 0.258 e. The summed E-state index contributed by atoms with van der Waals surface area (Å²) in [4.78, 5) is 44.1. The number of pyridine rings is 1. The fourth-order valence-corrected chi connectivity index (χ4v) is 7.28. The standard InChI is InChI=1S/C38H40N8O4/c1-50-38(36(48)42-29-9-10-31-30(22-29)34(44-43-31)27-11-17-39-32(21-27)25-3-4-25)14-18-45(24-38)23-33(47)46-19-12-37(49,13-20-46)28-7-5-26(6-8-28)35-40-15-2-16-41-35/h2,5-11,15-17,21-22,25,49H,3-4,12-14,18-20,23-24H2,1H3,(H,42,48)(H,43,44)/t38-/m0/s1. The number of rotatable bonds is 9. The van der Waals surface area contributed by atoms with Gasteiger partial charge in [-0.05, 0) is 74.1 Å². The lowest BCUT2D eigenvalue weighted by Gasteiger charge is -2.39. The Morgan fingerprint density at radius 2 is 1.72 bits per heavy atom. The molecule has 0 unspecified atom stereocenters. The van der Waals surface area contributed by atoms with Gasteiger partial charge in [-0.25, -0.2) is 9.97 Å². The Labute approximate surface area is 289 Å². The number of benzene rings is 2. The first-order chi connectivity index (χ1) is 24.3. The first kappa shape index (κ1) is 32.2. The fourth-order valence-electron chi connectivity index (χ4n) is 7.28. The minimum atomic E-state index is -1.09. The van der Waals surface area contributed by atoms with Crippen molar-refractivity contribution in [2.75, 3.05) is 45.2 Å². The molecule has 2 amide bonds. The van der Waals surface area contributed by atoms with E-state index in [0.29, 0.717) is 62.9 Å². The zero-order valence-corrected chi connectivity index (χ0v) is 28.0. The number of ether oxygens (including phenoxy) is 1. The van der Waals surface area contributed by atoms with Gasteiger partial charge in [-0.3, -0.25) is 24.6 Å². The van der Waals surface area contributed by atoms with Crippen LogP contribution in [-0.4, -0.2) is 97.3 Å². The van der Waals surface area contributed by atoms with E-state index in [1.54, 1.807) is 25.6 Å². The van der Waals surface area contributed by atoms with Gasteiger partial charge in [-0.1, -0.05) is 24.3 Å². The number of aromatic nitrogens is 5. The third-order valence-corrected chi connectivity index (χ3v) is 10.5. The third kappa shape index (κ3) is 6.26. The van der Waals surface area contributed by atoms with Gasteiger partial charge in [0, 0.05) is 85.7 Å². The number of nitrogens with zero attached hydrogens (tertiary/aromatic N) is 6. The summed E-state index contributed by atoms with van der Waals surface area (Å²) in [6.45, 7) is 1.93. The van der Waals surface area contributed by atoms with Gasteiger partial charge >= 0.3 is 0 Å². The van der Waals surface area contributed by atoms with Crippen LogP contribution in [0.5, 0.6) is 0 Å². The molecule has 2 saturated heterocycles. The van der Waals surface area contributed by atoms with Crippen molar-refractivity contribution in [3.8, 4) is 22.6 Å². The summed E-state index contributed by atoms with van der Waals surface area (Å²) in [6.07, 6.45) is 8.93. The van der Waals surface area contributed by atoms with Crippen LogP contribution in [0.25, 0.3) is 33.5 Å². The molecule has 3 fully saturated rings. The van der Waals surface area contributed by atoms with Gasteiger partial charge < -0.3 is 20.1 Å². The van der Waals surface area contributed by atoms with Gasteiger partial charge in [0.1, 0.15) is 5.69 Å². The van der Waals surface area contributed by atoms with E-state index >= 15 is 0 Å². The van der Waals surface area contributed by atoms with E-state index < -0.39 is 11.2 Å². The number of likely N-dealkylation sites (tertiary alicyclic amines) is 2. The summed E-state index contributed by atoms with van der Waals surface area (Å²) in [5, 5.41) is 23.1. The molecule has 0 bridgehead atoms. The van der Waals surface area contributed by atoms with Gasteiger partial charge in [-0.2, -0.15) is 5.10 Å². The molecule has 3 N–H and O–H groups in total. The molecule has 12 heteroatoms. The van der Waals surface area contributed by atoms with Crippen molar-refractivity contribution < 1.29 is 19.4 Å². The van der Waals surface area contributed by atoms with Crippen LogP contribution in [0.3, 0.4) is 0 Å². The van der Waals surface area contributed by atoms with Crippen LogP contribution < -0.4 is 5.32 Å². The van der Waals surface area contributed by atoms with E-state index in [0.717, 1.165) is 39.0 Å². The molecule has 5 aromatic rings. The van der Waals surface area contributed by atoms with E-state index in [1.165, 1.54) is 12.8 Å². The Balaban J connectivity index is 0.878. The minimum Gasteiger partial charge on any atom is -0.385 e. The van der Waals surface area contributed by atoms with Crippen LogP contribution in [0.1, 0.15) is 49.3 Å². The lowest BCUT2D eigenvalue weighted by molar-refractivity contribution is -0.139. The maximum atomic E-state index is 13.7. The molecule has 12 nitrogen and oxygen atoms in total. The topological polar surface area (TPSA) is 149 Å². The number of aliphatic hydroxyl groups is 1. The van der Waals surface area contributed by atoms with E-state index in [4.69, 9.17) is 4.74 Å². The SMILES string of the molecule is CO[C@@]1(C(=O)Nc2ccc3[nH]nc(-c4ccnc(C5CC5)c4)c3c2)CCN(CC(=O)N2CCC(O)(c3ccc(-c4ncccn4)cc3)CC2)C1. The van der Waals surface area contributed by atoms with Gasteiger partial charge in [0.05, 0.1) is 17.7 Å². The predicted octanol–water partition coefficient (Wildman–Crippen LogP) is 4.50. The molecule has 50 heavy (non-hydrogen) atoms. The van der Waals surface area contributed by atoms with Gasteiger partial charge in [0.25, 0.3) is 5.91 Å². The number of amides is 2. The molecule has 1 saturated carbocycles. The van der Waals surface area contributed by atoms with Crippen molar-refractivity contribution in [1.82, 2.24) is 34.9 Å². The zero-order chi connectivity index (χ0) is 34.3. The van der Waals surface area contributed by atoms with Crippen molar-refractivity contribution in [2.45, 2.75) is 49.2 Å². The Kier molecular flexibility index (Phi) is 8.38. The molecule has 3 aromatic heterocycles. The number of aromatic amines is 1.